The number of benzene rings is 2. The van der Waals surface area contributed by atoms with Crippen LogP contribution in [-0.2, 0) is 6.42 Å². The van der Waals surface area contributed by atoms with Crippen molar-refractivity contribution in [3.63, 3.8) is 0 Å². The number of nitrogens with zero attached hydrogens (tertiary/aromatic N) is 1. The molecule has 3 nitrogen and oxygen atoms in total. The Bertz CT molecular complexity index is 700. The first kappa shape index (κ1) is 17.0. The van der Waals surface area contributed by atoms with Crippen molar-refractivity contribution in [1.29, 1.82) is 0 Å². The quantitative estimate of drug-likeness (QED) is 0.817. The third-order valence-corrected chi connectivity index (χ3v) is 6.36. The lowest BCUT2D eigenvalue weighted by atomic mass is 10.0. The summed E-state index contributed by atoms with van der Waals surface area (Å²) in [4.78, 5) is 2.58. The fraction of sp³-hybridized carbons (Fsp3) is 0.429. The van der Waals surface area contributed by atoms with E-state index >= 15 is 0 Å². The van der Waals surface area contributed by atoms with Crippen molar-refractivity contribution in [3.05, 3.63) is 59.7 Å². The fourth-order valence-corrected chi connectivity index (χ4v) is 4.89. The molecule has 2 aliphatic rings. The van der Waals surface area contributed by atoms with E-state index in [4.69, 9.17) is 4.74 Å². The van der Waals surface area contributed by atoms with Gasteiger partial charge in [0.25, 0.3) is 0 Å². The van der Waals surface area contributed by atoms with Crippen LogP contribution in [-0.4, -0.2) is 43.4 Å². The van der Waals surface area contributed by atoms with Gasteiger partial charge in [0.2, 0.25) is 0 Å². The van der Waals surface area contributed by atoms with E-state index in [1.165, 1.54) is 42.9 Å². The monoisotopic (exact) mass is 354 g/mol. The van der Waals surface area contributed by atoms with E-state index < -0.39 is 0 Å². The number of thioether (sulfide) groups is 1. The molecule has 2 aromatic rings. The van der Waals surface area contributed by atoms with Gasteiger partial charge in [0.1, 0.15) is 11.5 Å². The Hall–Kier alpha value is -1.49. The van der Waals surface area contributed by atoms with Crippen LogP contribution in [0, 0.1) is 0 Å². The van der Waals surface area contributed by atoms with Gasteiger partial charge in [-0.2, -0.15) is 11.8 Å². The van der Waals surface area contributed by atoms with E-state index in [-0.39, 0.29) is 0 Å². The van der Waals surface area contributed by atoms with Gasteiger partial charge < -0.3 is 15.0 Å². The fourth-order valence-electron chi connectivity index (χ4n) is 3.64. The Morgan fingerprint density at radius 1 is 1.00 bits per heavy atom. The molecule has 0 radical (unpaired) electrons. The number of piperazine rings is 1. The molecular weight excluding hydrogens is 328 g/mol. The van der Waals surface area contributed by atoms with Crippen LogP contribution in [0.15, 0.2) is 48.5 Å². The van der Waals surface area contributed by atoms with Crippen molar-refractivity contribution in [2.45, 2.75) is 18.1 Å². The first-order valence-electron chi connectivity index (χ1n) is 9.29. The number of fused-ring (bicyclic) bond motifs is 2. The first-order chi connectivity index (χ1) is 12.4. The van der Waals surface area contributed by atoms with Crippen LogP contribution >= 0.6 is 11.8 Å². The zero-order chi connectivity index (χ0) is 16.9. The zero-order valence-electron chi connectivity index (χ0n) is 14.6. The molecule has 132 valence electrons. The van der Waals surface area contributed by atoms with E-state index in [1.807, 2.05) is 0 Å². The maximum Gasteiger partial charge on any atom is 0.131 e. The maximum atomic E-state index is 6.21. The number of rotatable bonds is 5. The minimum atomic E-state index is 0.475. The van der Waals surface area contributed by atoms with Crippen molar-refractivity contribution >= 4 is 11.8 Å². The number of hydrogen-bond acceptors (Lipinski definition) is 4. The number of para-hydroxylation sites is 2. The number of nitrogens with one attached hydrogen (secondary N) is 1. The van der Waals surface area contributed by atoms with Gasteiger partial charge in [0.15, 0.2) is 0 Å². The second kappa shape index (κ2) is 8.26. The molecule has 1 unspecified atom stereocenters. The van der Waals surface area contributed by atoms with Gasteiger partial charge in [0, 0.05) is 37.0 Å². The lowest BCUT2D eigenvalue weighted by Crippen LogP contribution is -2.43. The summed E-state index contributed by atoms with van der Waals surface area (Å²) in [5.74, 6) is 3.23. The second-order valence-electron chi connectivity index (χ2n) is 6.76. The summed E-state index contributed by atoms with van der Waals surface area (Å²) < 4.78 is 6.21. The largest absolute Gasteiger partial charge is 0.457 e. The first-order valence-corrected chi connectivity index (χ1v) is 10.3. The third kappa shape index (κ3) is 4.20. The molecule has 1 saturated heterocycles. The predicted molar refractivity (Wildman–Crippen MR) is 106 cm³/mol. The zero-order valence-corrected chi connectivity index (χ0v) is 15.4. The highest BCUT2D eigenvalue weighted by atomic mass is 32.2. The molecule has 2 aromatic carbocycles. The van der Waals surface area contributed by atoms with Crippen LogP contribution < -0.4 is 10.1 Å². The van der Waals surface area contributed by atoms with Crippen LogP contribution in [0.1, 0.15) is 22.8 Å². The second-order valence-corrected chi connectivity index (χ2v) is 8.07. The molecule has 0 aromatic heterocycles. The molecule has 4 rings (SSSR count). The summed E-state index contributed by atoms with van der Waals surface area (Å²) in [5.41, 5.74) is 2.66. The van der Waals surface area contributed by atoms with Crippen molar-refractivity contribution in [3.8, 4) is 11.5 Å². The SMILES string of the molecule is c1ccc2c(c1)CC(SCCCN1CCNCC1)c1ccccc1O2. The molecule has 1 atom stereocenters. The summed E-state index contributed by atoms with van der Waals surface area (Å²) in [6.07, 6.45) is 2.30. The van der Waals surface area contributed by atoms with Gasteiger partial charge in [-0.1, -0.05) is 36.4 Å². The average molecular weight is 355 g/mol. The lowest BCUT2D eigenvalue weighted by Gasteiger charge is -2.27. The Morgan fingerprint density at radius 2 is 1.76 bits per heavy atom. The summed E-state index contributed by atoms with van der Waals surface area (Å²) in [7, 11) is 0. The summed E-state index contributed by atoms with van der Waals surface area (Å²) in [5, 5.41) is 3.90. The van der Waals surface area contributed by atoms with Crippen LogP contribution in [0.3, 0.4) is 0 Å². The highest BCUT2D eigenvalue weighted by Gasteiger charge is 2.23. The van der Waals surface area contributed by atoms with Crippen molar-refractivity contribution in [1.82, 2.24) is 10.2 Å². The minimum absolute atomic E-state index is 0.475. The molecule has 0 aliphatic carbocycles. The topological polar surface area (TPSA) is 24.5 Å². The van der Waals surface area contributed by atoms with E-state index in [9.17, 15) is 0 Å². The van der Waals surface area contributed by atoms with Gasteiger partial charge in [-0.3, -0.25) is 0 Å². The molecule has 0 spiro atoms. The molecule has 25 heavy (non-hydrogen) atoms. The van der Waals surface area contributed by atoms with Crippen molar-refractivity contribution < 1.29 is 4.74 Å². The molecule has 0 saturated carbocycles. The van der Waals surface area contributed by atoms with Crippen molar-refractivity contribution in [2.75, 3.05) is 38.5 Å². The van der Waals surface area contributed by atoms with Crippen LogP contribution in [0.25, 0.3) is 0 Å². The highest BCUT2D eigenvalue weighted by Crippen LogP contribution is 2.44. The molecule has 1 fully saturated rings. The third-order valence-electron chi connectivity index (χ3n) is 5.01. The lowest BCUT2D eigenvalue weighted by molar-refractivity contribution is 0.242. The molecular formula is C21H26N2OS. The molecule has 2 aliphatic heterocycles. The minimum Gasteiger partial charge on any atom is -0.457 e. The highest BCUT2D eigenvalue weighted by molar-refractivity contribution is 7.99. The van der Waals surface area contributed by atoms with Gasteiger partial charge >= 0.3 is 0 Å². The maximum absolute atomic E-state index is 6.21. The van der Waals surface area contributed by atoms with Crippen LogP contribution in [0.5, 0.6) is 11.5 Å². The van der Waals surface area contributed by atoms with Gasteiger partial charge in [-0.05, 0) is 42.8 Å². The molecule has 0 bridgehead atoms. The average Bonchev–Trinajstić information content (AvgIpc) is 2.82. The number of ether oxygens (including phenoxy) is 1. The van der Waals surface area contributed by atoms with Crippen molar-refractivity contribution in [2.24, 2.45) is 0 Å². The van der Waals surface area contributed by atoms with E-state index in [0.717, 1.165) is 31.0 Å². The standard InChI is InChI=1S/C21H26N2OS/c1-3-8-19-17(6-1)16-21(18-7-2-4-9-20(18)24-19)25-15-5-12-23-13-10-22-11-14-23/h1-4,6-9,21-22H,5,10-16H2. The van der Waals surface area contributed by atoms with Crippen LogP contribution in [0.2, 0.25) is 0 Å². The summed E-state index contributed by atoms with van der Waals surface area (Å²) in [6.45, 7) is 5.88. The molecule has 1 N–H and O–H groups in total. The van der Waals surface area contributed by atoms with Crippen LogP contribution in [0.4, 0.5) is 0 Å². The van der Waals surface area contributed by atoms with Gasteiger partial charge in [-0.25, -0.2) is 0 Å². The van der Waals surface area contributed by atoms with Gasteiger partial charge in [-0.15, -0.1) is 0 Å². The van der Waals surface area contributed by atoms with E-state index in [2.05, 4.69) is 70.5 Å². The summed E-state index contributed by atoms with van der Waals surface area (Å²) >= 11 is 2.08. The molecule has 2 heterocycles. The van der Waals surface area contributed by atoms with Gasteiger partial charge in [0.05, 0.1) is 0 Å². The molecule has 4 heteroatoms. The Labute approximate surface area is 154 Å². The van der Waals surface area contributed by atoms with E-state index in [1.54, 1.807) is 0 Å². The summed E-state index contributed by atoms with van der Waals surface area (Å²) in [6, 6.07) is 17.0. The normalized spacial score (nSPS) is 20.2. The predicted octanol–water partition coefficient (Wildman–Crippen LogP) is 4.10. The Kier molecular flexibility index (Phi) is 5.60. The number of hydrogen-bond donors (Lipinski definition) is 1. The Balaban J connectivity index is 1.41. The molecule has 0 amide bonds. The smallest absolute Gasteiger partial charge is 0.131 e. The van der Waals surface area contributed by atoms with E-state index in [0.29, 0.717) is 5.25 Å². The Morgan fingerprint density at radius 3 is 2.64 bits per heavy atom.